The van der Waals surface area contributed by atoms with Crippen LogP contribution in [0.2, 0.25) is 5.02 Å². The molecule has 0 aromatic heterocycles. The van der Waals surface area contributed by atoms with E-state index in [0.717, 1.165) is 0 Å². The number of carbonyl (C=O) groups excluding carboxylic acids is 2. The number of anilines is 1. The lowest BCUT2D eigenvalue weighted by Crippen LogP contribution is -2.21. The zero-order valence-electron chi connectivity index (χ0n) is 12.6. The van der Waals surface area contributed by atoms with Gasteiger partial charge in [0.15, 0.2) is 0 Å². The van der Waals surface area contributed by atoms with Crippen molar-refractivity contribution in [3.63, 3.8) is 0 Å². The molecule has 1 rings (SSSR count). The summed E-state index contributed by atoms with van der Waals surface area (Å²) in [6, 6.07) is 4.57. The van der Waals surface area contributed by atoms with Gasteiger partial charge in [0, 0.05) is 0 Å². The van der Waals surface area contributed by atoms with Gasteiger partial charge in [0.25, 0.3) is 0 Å². The van der Waals surface area contributed by atoms with Gasteiger partial charge < -0.3 is 14.8 Å². The van der Waals surface area contributed by atoms with Crippen LogP contribution in [-0.2, 0) is 14.3 Å². The highest BCUT2D eigenvalue weighted by molar-refractivity contribution is 6.33. The Hall–Kier alpha value is -1.59. The predicted octanol–water partition coefficient (Wildman–Crippen LogP) is 3.27. The lowest BCUT2D eigenvalue weighted by atomic mass is 10.2. The number of ether oxygens (including phenoxy) is 2. The van der Waals surface area contributed by atoms with Crippen molar-refractivity contribution in [3.8, 4) is 0 Å². The molecular formula is C15H20ClNO4. The lowest BCUT2D eigenvalue weighted by Gasteiger charge is -2.12. The van der Waals surface area contributed by atoms with Crippen molar-refractivity contribution >= 4 is 29.2 Å². The Morgan fingerprint density at radius 3 is 2.43 bits per heavy atom. The van der Waals surface area contributed by atoms with Gasteiger partial charge in [-0.1, -0.05) is 11.6 Å². The van der Waals surface area contributed by atoms with Gasteiger partial charge in [-0.3, -0.25) is 4.79 Å². The second kappa shape index (κ2) is 8.00. The van der Waals surface area contributed by atoms with Crippen LogP contribution < -0.4 is 5.32 Å². The summed E-state index contributed by atoms with van der Waals surface area (Å²) in [5, 5.41) is 2.95. The molecule has 0 saturated carbocycles. The molecule has 21 heavy (non-hydrogen) atoms. The monoisotopic (exact) mass is 313 g/mol. The van der Waals surface area contributed by atoms with E-state index >= 15 is 0 Å². The zero-order chi connectivity index (χ0) is 16.0. The van der Waals surface area contributed by atoms with Gasteiger partial charge in [-0.15, -0.1) is 0 Å². The average Bonchev–Trinajstić information content (AvgIpc) is 2.38. The minimum absolute atomic E-state index is 0.0430. The summed E-state index contributed by atoms with van der Waals surface area (Å²) < 4.78 is 10.3. The first-order valence-electron chi connectivity index (χ1n) is 6.71. The number of hydrogen-bond acceptors (Lipinski definition) is 4. The molecule has 0 fully saturated rings. The third kappa shape index (κ3) is 6.14. The van der Waals surface area contributed by atoms with Gasteiger partial charge in [0.1, 0.15) is 6.61 Å². The Bertz CT molecular complexity index is 514. The molecule has 5 nitrogen and oxygen atoms in total. The molecule has 0 atom stereocenters. The van der Waals surface area contributed by atoms with Crippen molar-refractivity contribution < 1.29 is 19.1 Å². The summed E-state index contributed by atoms with van der Waals surface area (Å²) in [7, 11) is 0. The summed E-state index contributed by atoms with van der Waals surface area (Å²) in [6.45, 7) is 7.12. The van der Waals surface area contributed by atoms with Crippen molar-refractivity contribution in [2.24, 2.45) is 0 Å². The van der Waals surface area contributed by atoms with E-state index in [1.54, 1.807) is 19.9 Å². The zero-order valence-corrected chi connectivity index (χ0v) is 13.4. The summed E-state index contributed by atoms with van der Waals surface area (Å²) in [4.78, 5) is 23.5. The summed E-state index contributed by atoms with van der Waals surface area (Å²) in [5.74, 6) is -0.796. The number of benzene rings is 1. The minimum atomic E-state index is -0.462. The highest BCUT2D eigenvalue weighted by atomic mass is 35.5. The van der Waals surface area contributed by atoms with Crippen LogP contribution in [0.4, 0.5) is 5.69 Å². The van der Waals surface area contributed by atoms with Crippen LogP contribution in [0.5, 0.6) is 0 Å². The quantitative estimate of drug-likeness (QED) is 0.819. The van der Waals surface area contributed by atoms with E-state index < -0.39 is 5.97 Å². The maximum atomic E-state index is 11.8. The molecule has 6 heteroatoms. The molecule has 0 saturated heterocycles. The molecule has 0 bridgehead atoms. The molecule has 0 unspecified atom stereocenters. The fourth-order valence-corrected chi connectivity index (χ4v) is 1.62. The standard InChI is InChI=1S/C15H20ClNO4/c1-9(2)20-8-14(18)17-13-7-11(5-6-12(13)16)15(19)21-10(3)4/h5-7,9-10H,8H2,1-4H3,(H,17,18). The second-order valence-electron chi connectivity index (χ2n) is 5.06. The molecule has 0 spiro atoms. The van der Waals surface area contributed by atoms with Crippen LogP contribution in [0, 0.1) is 0 Å². The van der Waals surface area contributed by atoms with E-state index in [9.17, 15) is 9.59 Å². The maximum Gasteiger partial charge on any atom is 0.338 e. The van der Waals surface area contributed by atoms with Crippen LogP contribution in [0.1, 0.15) is 38.1 Å². The lowest BCUT2D eigenvalue weighted by molar-refractivity contribution is -0.121. The normalized spacial score (nSPS) is 10.8. The highest BCUT2D eigenvalue weighted by Gasteiger charge is 2.13. The maximum absolute atomic E-state index is 11.8. The van der Waals surface area contributed by atoms with E-state index in [0.29, 0.717) is 16.3 Å². The van der Waals surface area contributed by atoms with Crippen molar-refractivity contribution in [3.05, 3.63) is 28.8 Å². The molecule has 1 amide bonds. The molecule has 0 aliphatic rings. The number of nitrogens with one attached hydrogen (secondary N) is 1. The Kier molecular flexibility index (Phi) is 6.65. The van der Waals surface area contributed by atoms with Crippen molar-refractivity contribution in [1.29, 1.82) is 0 Å². The molecule has 1 N–H and O–H groups in total. The Morgan fingerprint density at radius 1 is 1.19 bits per heavy atom. The molecule has 0 aliphatic heterocycles. The van der Waals surface area contributed by atoms with Gasteiger partial charge >= 0.3 is 5.97 Å². The van der Waals surface area contributed by atoms with Gasteiger partial charge in [-0.25, -0.2) is 4.79 Å². The summed E-state index contributed by atoms with van der Waals surface area (Å²) >= 11 is 6.01. The van der Waals surface area contributed by atoms with E-state index in [-0.39, 0.29) is 24.7 Å². The van der Waals surface area contributed by atoms with Gasteiger partial charge in [-0.05, 0) is 45.9 Å². The Balaban J connectivity index is 2.78. The van der Waals surface area contributed by atoms with Crippen LogP contribution in [0.3, 0.4) is 0 Å². The Morgan fingerprint density at radius 2 is 1.86 bits per heavy atom. The van der Waals surface area contributed by atoms with Crippen LogP contribution in [0.25, 0.3) is 0 Å². The highest BCUT2D eigenvalue weighted by Crippen LogP contribution is 2.23. The summed E-state index contributed by atoms with van der Waals surface area (Å²) in [6.07, 6.45) is -0.260. The third-order valence-electron chi connectivity index (χ3n) is 2.37. The predicted molar refractivity (Wildman–Crippen MR) is 81.7 cm³/mol. The van der Waals surface area contributed by atoms with E-state index in [1.807, 2.05) is 13.8 Å². The molecule has 0 radical (unpaired) electrons. The average molecular weight is 314 g/mol. The van der Waals surface area contributed by atoms with E-state index in [1.165, 1.54) is 12.1 Å². The number of amides is 1. The first kappa shape index (κ1) is 17.5. The fourth-order valence-electron chi connectivity index (χ4n) is 1.46. The second-order valence-corrected chi connectivity index (χ2v) is 5.46. The smallest absolute Gasteiger partial charge is 0.338 e. The van der Waals surface area contributed by atoms with Crippen molar-refractivity contribution in [2.75, 3.05) is 11.9 Å². The molecular weight excluding hydrogens is 294 g/mol. The molecule has 1 aromatic carbocycles. The number of carbonyl (C=O) groups is 2. The summed E-state index contributed by atoms with van der Waals surface area (Å²) in [5.41, 5.74) is 0.681. The first-order chi connectivity index (χ1) is 9.79. The molecule has 0 aliphatic carbocycles. The molecule has 116 valence electrons. The number of halogens is 1. The van der Waals surface area contributed by atoms with Gasteiger partial charge in [-0.2, -0.15) is 0 Å². The van der Waals surface area contributed by atoms with Gasteiger partial charge in [0.2, 0.25) is 5.91 Å². The van der Waals surface area contributed by atoms with Crippen molar-refractivity contribution in [2.45, 2.75) is 39.9 Å². The van der Waals surface area contributed by atoms with E-state index in [4.69, 9.17) is 21.1 Å². The third-order valence-corrected chi connectivity index (χ3v) is 2.70. The topological polar surface area (TPSA) is 64.6 Å². The van der Waals surface area contributed by atoms with E-state index in [2.05, 4.69) is 5.32 Å². The number of esters is 1. The number of rotatable bonds is 6. The Labute approximate surface area is 129 Å². The van der Waals surface area contributed by atoms with Crippen molar-refractivity contribution in [1.82, 2.24) is 0 Å². The SMILES string of the molecule is CC(C)OCC(=O)Nc1cc(C(=O)OC(C)C)ccc1Cl. The first-order valence-corrected chi connectivity index (χ1v) is 7.09. The van der Waals surface area contributed by atoms with Crippen LogP contribution in [0.15, 0.2) is 18.2 Å². The minimum Gasteiger partial charge on any atom is -0.459 e. The van der Waals surface area contributed by atoms with Crippen LogP contribution in [-0.4, -0.2) is 30.7 Å². The number of hydrogen-bond donors (Lipinski definition) is 1. The molecule has 1 aromatic rings. The molecule has 0 heterocycles. The van der Waals surface area contributed by atoms with Gasteiger partial charge in [0.05, 0.1) is 28.5 Å². The fraction of sp³-hybridized carbons (Fsp3) is 0.467. The van der Waals surface area contributed by atoms with Crippen LogP contribution >= 0.6 is 11.6 Å². The largest absolute Gasteiger partial charge is 0.459 e.